The smallest absolute Gasteiger partial charge is 0.339 e. The number of para-hydroxylation sites is 1. The molecule has 3 rings (SSSR count). The van der Waals surface area contributed by atoms with Gasteiger partial charge in [0.25, 0.3) is 5.69 Å². The van der Waals surface area contributed by atoms with Crippen LogP contribution in [0.3, 0.4) is 0 Å². The Kier molecular flexibility index (Phi) is 5.82. The van der Waals surface area contributed by atoms with Crippen LogP contribution in [0.15, 0.2) is 57.9 Å². The van der Waals surface area contributed by atoms with E-state index in [2.05, 4.69) is 10.1 Å². The van der Waals surface area contributed by atoms with E-state index in [0.717, 1.165) is 0 Å². The Balaban J connectivity index is 1.69. The number of esters is 1. The van der Waals surface area contributed by atoms with Crippen molar-refractivity contribution in [2.75, 3.05) is 0 Å². The second kappa shape index (κ2) is 8.45. The quantitative estimate of drug-likeness (QED) is 0.260. The van der Waals surface area contributed by atoms with Gasteiger partial charge in [0.2, 0.25) is 5.89 Å². The van der Waals surface area contributed by atoms with Crippen LogP contribution in [0.1, 0.15) is 27.6 Å². The van der Waals surface area contributed by atoms with Crippen molar-refractivity contribution in [2.45, 2.75) is 24.2 Å². The zero-order chi connectivity index (χ0) is 19.2. The Morgan fingerprint density at radius 2 is 1.96 bits per heavy atom. The van der Waals surface area contributed by atoms with E-state index in [1.54, 1.807) is 49.4 Å². The minimum atomic E-state index is -0.557. The van der Waals surface area contributed by atoms with Gasteiger partial charge in [-0.05, 0) is 25.1 Å². The van der Waals surface area contributed by atoms with Gasteiger partial charge in [-0.2, -0.15) is 4.98 Å². The Bertz CT molecular complexity index is 973. The number of hydrogen-bond donors (Lipinski definition) is 0. The molecule has 0 N–H and O–H groups in total. The van der Waals surface area contributed by atoms with Gasteiger partial charge in [0, 0.05) is 11.0 Å². The summed E-state index contributed by atoms with van der Waals surface area (Å²) in [6.07, 6.45) is 0. The third-order valence-electron chi connectivity index (χ3n) is 3.57. The molecule has 0 unspecified atom stereocenters. The van der Waals surface area contributed by atoms with Crippen molar-refractivity contribution < 1.29 is 19.0 Å². The van der Waals surface area contributed by atoms with Crippen LogP contribution < -0.4 is 0 Å². The summed E-state index contributed by atoms with van der Waals surface area (Å²) in [6, 6.07) is 13.1. The molecule has 0 saturated heterocycles. The van der Waals surface area contributed by atoms with E-state index < -0.39 is 10.9 Å². The molecule has 27 heavy (non-hydrogen) atoms. The largest absolute Gasteiger partial charge is 0.457 e. The molecule has 8 nitrogen and oxygen atoms in total. The molecule has 3 aromatic rings. The van der Waals surface area contributed by atoms with Crippen LogP contribution in [0.4, 0.5) is 5.69 Å². The van der Waals surface area contributed by atoms with Crippen LogP contribution in [0.2, 0.25) is 0 Å². The lowest BCUT2D eigenvalue weighted by molar-refractivity contribution is -0.385. The summed E-state index contributed by atoms with van der Waals surface area (Å²) >= 11 is 1.37. The zero-order valence-electron chi connectivity index (χ0n) is 14.3. The molecule has 0 aliphatic carbocycles. The van der Waals surface area contributed by atoms with Crippen LogP contribution in [-0.4, -0.2) is 21.0 Å². The number of aryl methyl sites for hydroxylation is 1. The fourth-order valence-corrected chi connectivity index (χ4v) is 3.21. The lowest BCUT2D eigenvalue weighted by Gasteiger charge is -2.09. The molecule has 9 heteroatoms. The first-order chi connectivity index (χ1) is 13.0. The highest BCUT2D eigenvalue weighted by Crippen LogP contribution is 2.27. The van der Waals surface area contributed by atoms with Crippen molar-refractivity contribution in [3.8, 4) is 0 Å². The highest BCUT2D eigenvalue weighted by atomic mass is 32.2. The predicted octanol–water partition coefficient (Wildman–Crippen LogP) is 3.94. The van der Waals surface area contributed by atoms with Gasteiger partial charge in [-0.25, -0.2) is 4.79 Å². The van der Waals surface area contributed by atoms with Crippen molar-refractivity contribution in [3.63, 3.8) is 0 Å². The molecule has 0 atom stereocenters. The number of rotatable bonds is 7. The van der Waals surface area contributed by atoms with Crippen molar-refractivity contribution >= 4 is 23.4 Å². The molecule has 0 radical (unpaired) electrons. The average molecular weight is 385 g/mol. The summed E-state index contributed by atoms with van der Waals surface area (Å²) in [5.74, 6) is 0.858. The summed E-state index contributed by atoms with van der Waals surface area (Å²) in [7, 11) is 0. The predicted molar refractivity (Wildman–Crippen MR) is 97.3 cm³/mol. The molecule has 0 amide bonds. The van der Waals surface area contributed by atoms with E-state index in [1.807, 2.05) is 0 Å². The third kappa shape index (κ3) is 4.70. The van der Waals surface area contributed by atoms with Crippen molar-refractivity contribution in [2.24, 2.45) is 0 Å². The lowest BCUT2D eigenvalue weighted by atomic mass is 10.2. The fraction of sp³-hybridized carbons (Fsp3) is 0.167. The second-order valence-electron chi connectivity index (χ2n) is 5.48. The molecule has 0 saturated carbocycles. The van der Waals surface area contributed by atoms with E-state index in [0.29, 0.717) is 33.5 Å². The van der Waals surface area contributed by atoms with Gasteiger partial charge in [-0.15, -0.1) is 11.8 Å². The van der Waals surface area contributed by atoms with E-state index in [4.69, 9.17) is 9.26 Å². The molecule has 0 aliphatic heterocycles. The first kappa shape index (κ1) is 18.6. The van der Waals surface area contributed by atoms with E-state index in [1.165, 1.54) is 17.8 Å². The number of nitro benzene ring substituents is 1. The average Bonchev–Trinajstić information content (AvgIpc) is 3.10. The Morgan fingerprint density at radius 1 is 1.22 bits per heavy atom. The third-order valence-corrected chi connectivity index (χ3v) is 4.63. The number of carbonyl (C=O) groups is 1. The van der Waals surface area contributed by atoms with Crippen LogP contribution in [-0.2, 0) is 17.1 Å². The first-order valence-electron chi connectivity index (χ1n) is 7.95. The molecule has 1 aromatic heterocycles. The number of carbonyl (C=O) groups excluding carboxylic acids is 1. The van der Waals surface area contributed by atoms with Gasteiger partial charge < -0.3 is 9.26 Å². The summed E-state index contributed by atoms with van der Waals surface area (Å²) in [6.45, 7) is 1.55. The van der Waals surface area contributed by atoms with Crippen LogP contribution >= 0.6 is 11.8 Å². The van der Waals surface area contributed by atoms with Crippen molar-refractivity contribution in [3.05, 3.63) is 81.5 Å². The zero-order valence-corrected chi connectivity index (χ0v) is 15.1. The number of thioether (sulfide) groups is 1. The van der Waals surface area contributed by atoms with E-state index >= 15 is 0 Å². The first-order valence-corrected chi connectivity index (χ1v) is 8.93. The molecule has 0 aliphatic rings. The number of benzene rings is 2. The monoisotopic (exact) mass is 385 g/mol. The fourth-order valence-electron chi connectivity index (χ4n) is 2.33. The maximum absolute atomic E-state index is 12.5. The Hall–Kier alpha value is -3.20. The van der Waals surface area contributed by atoms with Gasteiger partial charge in [-0.1, -0.05) is 29.4 Å². The van der Waals surface area contributed by atoms with E-state index in [-0.39, 0.29) is 12.3 Å². The standard InChI is InChI=1S/C18H15N3O5S/c1-12-19-17(26-20-12)11-27-16-9-5-3-7-14(16)18(22)25-10-13-6-2-4-8-15(13)21(23)24/h2-9H,10-11H2,1H3. The molecule has 2 aromatic carbocycles. The minimum absolute atomic E-state index is 0.0836. The maximum atomic E-state index is 12.5. The summed E-state index contributed by atoms with van der Waals surface area (Å²) in [5, 5.41) is 14.8. The number of nitrogens with zero attached hydrogens (tertiary/aromatic N) is 3. The molecule has 1 heterocycles. The molecular formula is C18H15N3O5S. The van der Waals surface area contributed by atoms with Crippen LogP contribution in [0.25, 0.3) is 0 Å². The summed E-state index contributed by atoms with van der Waals surface area (Å²) < 4.78 is 10.4. The number of ether oxygens (including phenoxy) is 1. The summed E-state index contributed by atoms with van der Waals surface area (Å²) in [4.78, 5) is 27.9. The molecule has 0 fully saturated rings. The van der Waals surface area contributed by atoms with Crippen molar-refractivity contribution in [1.82, 2.24) is 10.1 Å². The molecule has 138 valence electrons. The Morgan fingerprint density at radius 3 is 2.70 bits per heavy atom. The number of aromatic nitrogens is 2. The maximum Gasteiger partial charge on any atom is 0.339 e. The molecular weight excluding hydrogens is 370 g/mol. The highest BCUT2D eigenvalue weighted by molar-refractivity contribution is 7.98. The van der Waals surface area contributed by atoms with Gasteiger partial charge in [0.05, 0.1) is 21.8 Å². The van der Waals surface area contributed by atoms with Gasteiger partial charge in [-0.3, -0.25) is 10.1 Å². The highest BCUT2D eigenvalue weighted by Gasteiger charge is 2.17. The SMILES string of the molecule is Cc1noc(CSc2ccccc2C(=O)OCc2ccccc2[N+](=O)[O-])n1. The molecule has 0 spiro atoms. The Labute approximate surface area is 158 Å². The van der Waals surface area contributed by atoms with Crippen LogP contribution in [0.5, 0.6) is 0 Å². The number of nitro groups is 1. The van der Waals surface area contributed by atoms with Gasteiger partial charge >= 0.3 is 5.97 Å². The van der Waals surface area contributed by atoms with Gasteiger partial charge in [0.15, 0.2) is 5.82 Å². The number of hydrogen-bond acceptors (Lipinski definition) is 8. The summed E-state index contributed by atoms with van der Waals surface area (Å²) in [5.41, 5.74) is 0.624. The second-order valence-corrected chi connectivity index (χ2v) is 6.50. The van der Waals surface area contributed by atoms with Gasteiger partial charge in [0.1, 0.15) is 6.61 Å². The van der Waals surface area contributed by atoms with E-state index in [9.17, 15) is 14.9 Å². The van der Waals surface area contributed by atoms with Crippen LogP contribution in [0, 0.1) is 17.0 Å². The molecule has 0 bridgehead atoms. The topological polar surface area (TPSA) is 108 Å². The normalized spacial score (nSPS) is 10.6. The lowest BCUT2D eigenvalue weighted by Crippen LogP contribution is -2.08. The minimum Gasteiger partial charge on any atom is -0.457 e. The van der Waals surface area contributed by atoms with Crippen molar-refractivity contribution in [1.29, 1.82) is 0 Å².